The van der Waals surface area contributed by atoms with Gasteiger partial charge in [-0.3, -0.25) is 14.4 Å². The van der Waals surface area contributed by atoms with Gasteiger partial charge >= 0.3 is 0 Å². The van der Waals surface area contributed by atoms with Crippen molar-refractivity contribution < 1.29 is 23.9 Å². The van der Waals surface area contributed by atoms with Gasteiger partial charge in [0.15, 0.2) is 0 Å². The summed E-state index contributed by atoms with van der Waals surface area (Å²) in [7, 11) is 1.45. The van der Waals surface area contributed by atoms with Crippen LogP contribution in [0.5, 0.6) is 11.5 Å². The van der Waals surface area contributed by atoms with Crippen LogP contribution in [0.1, 0.15) is 26.3 Å². The molecule has 164 valence electrons. The smallest absolute Gasteiger partial charge is 0.251 e. The van der Waals surface area contributed by atoms with Gasteiger partial charge in [-0.05, 0) is 66.2 Å². The van der Waals surface area contributed by atoms with E-state index in [1.54, 1.807) is 66.7 Å². The lowest BCUT2D eigenvalue weighted by atomic mass is 10.1. The summed E-state index contributed by atoms with van der Waals surface area (Å²) >= 11 is 0. The zero-order chi connectivity index (χ0) is 22.9. The number of hydrogen-bond donors (Lipinski definition) is 3. The molecule has 3 aromatic rings. The molecule has 3 rings (SSSR count). The van der Waals surface area contributed by atoms with Crippen LogP contribution in [-0.4, -0.2) is 31.4 Å². The van der Waals surface area contributed by atoms with Crippen molar-refractivity contribution in [1.82, 2.24) is 5.32 Å². The van der Waals surface area contributed by atoms with E-state index in [4.69, 9.17) is 15.2 Å². The van der Waals surface area contributed by atoms with E-state index in [9.17, 15) is 14.4 Å². The average Bonchev–Trinajstić information content (AvgIpc) is 2.79. The molecule has 0 heterocycles. The van der Waals surface area contributed by atoms with Crippen LogP contribution in [0.2, 0.25) is 0 Å². The molecule has 0 radical (unpaired) electrons. The zero-order valence-electron chi connectivity index (χ0n) is 17.5. The molecule has 3 aromatic carbocycles. The first-order valence-electron chi connectivity index (χ1n) is 9.78. The highest BCUT2D eigenvalue weighted by molar-refractivity contribution is 5.94. The summed E-state index contributed by atoms with van der Waals surface area (Å²) < 4.78 is 10.5. The van der Waals surface area contributed by atoms with Gasteiger partial charge < -0.3 is 25.8 Å². The van der Waals surface area contributed by atoms with E-state index in [1.165, 1.54) is 7.11 Å². The summed E-state index contributed by atoms with van der Waals surface area (Å²) in [6, 6.07) is 20.3. The summed E-state index contributed by atoms with van der Waals surface area (Å²) in [6.45, 7) is 0.274. The number of rotatable bonds is 9. The maximum atomic E-state index is 12.5. The number of benzene rings is 3. The van der Waals surface area contributed by atoms with Crippen molar-refractivity contribution >= 4 is 23.4 Å². The number of methoxy groups -OCH3 is 1. The molecule has 8 nitrogen and oxygen atoms in total. The van der Waals surface area contributed by atoms with Gasteiger partial charge in [-0.25, -0.2) is 0 Å². The lowest BCUT2D eigenvalue weighted by Crippen LogP contribution is -2.23. The van der Waals surface area contributed by atoms with Crippen molar-refractivity contribution in [3.63, 3.8) is 0 Å². The van der Waals surface area contributed by atoms with Crippen molar-refractivity contribution in [2.24, 2.45) is 5.73 Å². The number of nitrogens with one attached hydrogen (secondary N) is 2. The van der Waals surface area contributed by atoms with Crippen LogP contribution in [0.4, 0.5) is 5.69 Å². The van der Waals surface area contributed by atoms with Crippen LogP contribution >= 0.6 is 0 Å². The highest BCUT2D eigenvalue weighted by Crippen LogP contribution is 2.22. The molecule has 0 spiro atoms. The van der Waals surface area contributed by atoms with Gasteiger partial charge in [0.25, 0.3) is 5.91 Å². The number of primary amides is 1. The summed E-state index contributed by atoms with van der Waals surface area (Å²) in [6.07, 6.45) is 0. The van der Waals surface area contributed by atoms with Crippen molar-refractivity contribution in [1.29, 1.82) is 0 Å². The first-order chi connectivity index (χ1) is 15.4. The van der Waals surface area contributed by atoms with Gasteiger partial charge in [0, 0.05) is 30.5 Å². The Balaban J connectivity index is 1.54. The van der Waals surface area contributed by atoms with Gasteiger partial charge in [-0.2, -0.15) is 0 Å². The predicted octanol–water partition coefficient (Wildman–Crippen LogP) is 3.09. The fourth-order valence-corrected chi connectivity index (χ4v) is 2.87. The molecule has 0 aromatic heterocycles. The van der Waals surface area contributed by atoms with Gasteiger partial charge in [0.05, 0.1) is 0 Å². The van der Waals surface area contributed by atoms with Crippen LogP contribution in [0, 0.1) is 0 Å². The molecule has 0 aliphatic heterocycles. The number of carbonyl (C=O) groups excluding carboxylic acids is 3. The monoisotopic (exact) mass is 433 g/mol. The van der Waals surface area contributed by atoms with Crippen molar-refractivity contribution in [2.45, 2.75) is 6.54 Å². The van der Waals surface area contributed by atoms with Crippen molar-refractivity contribution in [3.05, 3.63) is 89.5 Å². The minimum absolute atomic E-state index is 0.0284. The average molecular weight is 433 g/mol. The molecule has 32 heavy (non-hydrogen) atoms. The van der Waals surface area contributed by atoms with E-state index >= 15 is 0 Å². The maximum Gasteiger partial charge on any atom is 0.251 e. The van der Waals surface area contributed by atoms with Crippen LogP contribution < -0.4 is 21.1 Å². The zero-order valence-corrected chi connectivity index (χ0v) is 17.5. The lowest BCUT2D eigenvalue weighted by molar-refractivity contribution is -0.119. The number of nitrogens with two attached hydrogens (primary N) is 1. The second kappa shape index (κ2) is 10.7. The highest BCUT2D eigenvalue weighted by atomic mass is 16.5. The molecule has 0 saturated heterocycles. The standard InChI is InChI=1S/C24H23N3O5/c1-31-15-22(28)27-19-4-2-3-16(13-19)14-26-24(30)18-7-11-21(12-8-18)32-20-9-5-17(6-10-20)23(25)29/h2-13H,14-15H2,1H3,(H2,25,29)(H,26,30)(H,27,28). The Labute approximate surface area is 185 Å². The minimum atomic E-state index is -0.505. The second-order valence-corrected chi connectivity index (χ2v) is 6.88. The van der Waals surface area contributed by atoms with Crippen LogP contribution in [0.3, 0.4) is 0 Å². The summed E-state index contributed by atoms with van der Waals surface area (Å²) in [5.41, 5.74) is 7.56. The first kappa shape index (κ1) is 22.5. The third-order valence-electron chi connectivity index (χ3n) is 4.43. The molecule has 4 N–H and O–H groups in total. The van der Waals surface area contributed by atoms with Crippen molar-refractivity contribution in [3.8, 4) is 11.5 Å². The largest absolute Gasteiger partial charge is 0.457 e. The van der Waals surface area contributed by atoms with Gasteiger partial charge in [-0.15, -0.1) is 0 Å². The van der Waals surface area contributed by atoms with Gasteiger partial charge in [0.1, 0.15) is 18.1 Å². The quantitative estimate of drug-likeness (QED) is 0.479. The Morgan fingerprint density at radius 3 is 2.09 bits per heavy atom. The van der Waals surface area contributed by atoms with E-state index in [2.05, 4.69) is 10.6 Å². The Morgan fingerprint density at radius 2 is 1.50 bits per heavy atom. The second-order valence-electron chi connectivity index (χ2n) is 6.88. The first-order valence-corrected chi connectivity index (χ1v) is 9.78. The molecule has 0 unspecified atom stereocenters. The third-order valence-corrected chi connectivity index (χ3v) is 4.43. The number of ether oxygens (including phenoxy) is 2. The normalized spacial score (nSPS) is 10.3. The molecule has 0 bridgehead atoms. The van der Waals surface area contributed by atoms with Crippen LogP contribution in [-0.2, 0) is 16.1 Å². The van der Waals surface area contributed by atoms with E-state index in [0.717, 1.165) is 5.56 Å². The van der Waals surface area contributed by atoms with Crippen LogP contribution in [0.15, 0.2) is 72.8 Å². The SMILES string of the molecule is COCC(=O)Nc1cccc(CNC(=O)c2ccc(Oc3ccc(C(N)=O)cc3)cc2)c1. The minimum Gasteiger partial charge on any atom is -0.457 e. The van der Waals surface area contributed by atoms with Gasteiger partial charge in [-0.1, -0.05) is 12.1 Å². The number of carbonyl (C=O) groups is 3. The van der Waals surface area contributed by atoms with Crippen molar-refractivity contribution in [2.75, 3.05) is 19.0 Å². The Bertz CT molecular complexity index is 1100. The Hall–Kier alpha value is -4.17. The summed E-state index contributed by atoms with van der Waals surface area (Å²) in [4.78, 5) is 35.2. The maximum absolute atomic E-state index is 12.5. The summed E-state index contributed by atoms with van der Waals surface area (Å²) in [5.74, 6) is 0.100. The molecule has 0 aliphatic rings. The lowest BCUT2D eigenvalue weighted by Gasteiger charge is -2.10. The number of amides is 3. The van der Waals surface area contributed by atoms with E-state index < -0.39 is 5.91 Å². The van der Waals surface area contributed by atoms with E-state index in [0.29, 0.717) is 34.9 Å². The fourth-order valence-electron chi connectivity index (χ4n) is 2.87. The van der Waals surface area contributed by atoms with Gasteiger partial charge in [0.2, 0.25) is 11.8 Å². The fraction of sp³-hybridized carbons (Fsp3) is 0.125. The molecule has 0 aliphatic carbocycles. The molecule has 0 fully saturated rings. The topological polar surface area (TPSA) is 120 Å². The molecular weight excluding hydrogens is 410 g/mol. The highest BCUT2D eigenvalue weighted by Gasteiger charge is 2.08. The van der Waals surface area contributed by atoms with Crippen LogP contribution in [0.25, 0.3) is 0 Å². The summed E-state index contributed by atoms with van der Waals surface area (Å²) in [5, 5.41) is 5.57. The Morgan fingerprint density at radius 1 is 0.875 bits per heavy atom. The predicted molar refractivity (Wildman–Crippen MR) is 120 cm³/mol. The molecule has 0 atom stereocenters. The molecular formula is C24H23N3O5. The third kappa shape index (κ3) is 6.41. The molecule has 3 amide bonds. The number of hydrogen-bond acceptors (Lipinski definition) is 5. The molecule has 8 heteroatoms. The van der Waals surface area contributed by atoms with E-state index in [1.807, 2.05) is 6.07 Å². The molecule has 0 saturated carbocycles. The number of anilines is 1. The Kier molecular flexibility index (Phi) is 7.55. The van der Waals surface area contributed by atoms with E-state index in [-0.39, 0.29) is 18.4 Å².